The van der Waals surface area contributed by atoms with Gasteiger partial charge in [-0.3, -0.25) is 9.79 Å². The fourth-order valence-corrected chi connectivity index (χ4v) is 4.41. The molecule has 1 saturated heterocycles. The first-order chi connectivity index (χ1) is 14.6. The molecule has 1 saturated carbocycles. The van der Waals surface area contributed by atoms with Gasteiger partial charge in [0.1, 0.15) is 5.75 Å². The average Bonchev–Trinajstić information content (AvgIpc) is 3.40. The highest BCUT2D eigenvalue weighted by molar-refractivity contribution is 5.94. The minimum atomic E-state index is -0.173. The van der Waals surface area contributed by atoms with Crippen molar-refractivity contribution >= 4 is 11.9 Å². The van der Waals surface area contributed by atoms with E-state index in [9.17, 15) is 9.90 Å². The summed E-state index contributed by atoms with van der Waals surface area (Å²) in [6, 6.07) is 6.84. The molecule has 7 nitrogen and oxygen atoms in total. The lowest BCUT2D eigenvalue weighted by molar-refractivity contribution is 0.0953. The average molecular weight is 416 g/mol. The zero-order valence-corrected chi connectivity index (χ0v) is 18.2. The van der Waals surface area contributed by atoms with Gasteiger partial charge in [-0.15, -0.1) is 0 Å². The largest absolute Gasteiger partial charge is 0.508 e. The zero-order chi connectivity index (χ0) is 21.2. The molecule has 1 atom stereocenters. The third-order valence-corrected chi connectivity index (χ3v) is 5.95. The number of rotatable bonds is 9. The summed E-state index contributed by atoms with van der Waals surface area (Å²) < 4.78 is 0. The molecule has 0 radical (unpaired) electrons. The first-order valence-corrected chi connectivity index (χ1v) is 11.5. The normalized spacial score (nSPS) is 20.4. The molecule has 1 aliphatic heterocycles. The molecule has 3 rings (SSSR count). The van der Waals surface area contributed by atoms with Gasteiger partial charge in [-0.2, -0.15) is 0 Å². The number of guanidine groups is 1. The van der Waals surface area contributed by atoms with E-state index in [-0.39, 0.29) is 11.7 Å². The maximum atomic E-state index is 12.1. The highest BCUT2D eigenvalue weighted by Gasteiger charge is 2.26. The molecular weight excluding hydrogens is 378 g/mol. The third kappa shape index (κ3) is 7.20. The predicted molar refractivity (Wildman–Crippen MR) is 121 cm³/mol. The summed E-state index contributed by atoms with van der Waals surface area (Å²) >= 11 is 0. The number of carbonyl (C=O) groups is 1. The van der Waals surface area contributed by atoms with Crippen molar-refractivity contribution in [2.75, 3.05) is 39.3 Å². The second kappa shape index (κ2) is 11.8. The van der Waals surface area contributed by atoms with Crippen LogP contribution in [0.15, 0.2) is 29.3 Å². The van der Waals surface area contributed by atoms with Crippen LogP contribution in [0.1, 0.15) is 55.8 Å². The van der Waals surface area contributed by atoms with Gasteiger partial charge in [0.15, 0.2) is 5.96 Å². The SMILES string of the molecule is CCNC(=NCCCNC(=O)c1cccc(O)c1)NC1CCN(CC2CCCC2)C1. The van der Waals surface area contributed by atoms with Crippen LogP contribution >= 0.6 is 0 Å². The van der Waals surface area contributed by atoms with Crippen LogP contribution < -0.4 is 16.0 Å². The van der Waals surface area contributed by atoms with Gasteiger partial charge in [0.25, 0.3) is 5.91 Å². The van der Waals surface area contributed by atoms with E-state index < -0.39 is 0 Å². The smallest absolute Gasteiger partial charge is 0.251 e. The van der Waals surface area contributed by atoms with E-state index in [1.807, 2.05) is 0 Å². The molecule has 1 aromatic rings. The summed E-state index contributed by atoms with van der Waals surface area (Å²) in [7, 11) is 0. The molecule has 4 N–H and O–H groups in total. The first-order valence-electron chi connectivity index (χ1n) is 11.5. The Hall–Kier alpha value is -2.28. The van der Waals surface area contributed by atoms with Crippen molar-refractivity contribution in [1.29, 1.82) is 0 Å². The standard InChI is InChI=1S/C23H37N5O2/c1-2-24-23(27-20-11-14-28(17-20)16-18-7-3-4-8-18)26-13-6-12-25-22(30)19-9-5-10-21(29)15-19/h5,9-10,15,18,20,29H,2-4,6-8,11-14,16-17H2,1H3,(H,25,30)(H2,24,26,27). The van der Waals surface area contributed by atoms with Crippen LogP contribution in [0.3, 0.4) is 0 Å². The summed E-state index contributed by atoms with van der Waals surface area (Å²) in [5.74, 6) is 1.70. The molecule has 1 amide bonds. The summed E-state index contributed by atoms with van der Waals surface area (Å²) in [6.07, 6.45) is 7.55. The molecule has 166 valence electrons. The minimum Gasteiger partial charge on any atom is -0.508 e. The van der Waals surface area contributed by atoms with E-state index in [4.69, 9.17) is 0 Å². The van der Waals surface area contributed by atoms with Crippen LogP contribution in [0, 0.1) is 5.92 Å². The van der Waals surface area contributed by atoms with E-state index in [1.165, 1.54) is 44.8 Å². The molecule has 0 spiro atoms. The topological polar surface area (TPSA) is 89.0 Å². The summed E-state index contributed by atoms with van der Waals surface area (Å²) in [6.45, 7) is 7.64. The number of aliphatic imine (C=N–C) groups is 1. The van der Waals surface area contributed by atoms with E-state index in [0.29, 0.717) is 24.7 Å². The van der Waals surface area contributed by atoms with E-state index in [0.717, 1.165) is 37.8 Å². The fourth-order valence-electron chi connectivity index (χ4n) is 4.41. The Morgan fingerprint density at radius 1 is 1.23 bits per heavy atom. The monoisotopic (exact) mass is 415 g/mol. The van der Waals surface area contributed by atoms with Crippen molar-refractivity contribution in [3.05, 3.63) is 29.8 Å². The molecule has 7 heteroatoms. The van der Waals surface area contributed by atoms with Gasteiger partial charge in [-0.25, -0.2) is 0 Å². The summed E-state index contributed by atoms with van der Waals surface area (Å²) in [5, 5.41) is 19.3. The molecule has 2 fully saturated rings. The highest BCUT2D eigenvalue weighted by Crippen LogP contribution is 2.26. The van der Waals surface area contributed by atoms with Crippen molar-refractivity contribution in [2.45, 2.75) is 51.5 Å². The van der Waals surface area contributed by atoms with Gasteiger partial charge in [-0.1, -0.05) is 18.9 Å². The number of nitrogens with one attached hydrogen (secondary N) is 3. The summed E-state index contributed by atoms with van der Waals surface area (Å²) in [4.78, 5) is 19.4. The van der Waals surface area contributed by atoms with E-state index in [1.54, 1.807) is 18.2 Å². The van der Waals surface area contributed by atoms with E-state index >= 15 is 0 Å². The number of amides is 1. The lowest BCUT2D eigenvalue weighted by Gasteiger charge is -2.21. The van der Waals surface area contributed by atoms with Crippen molar-refractivity contribution < 1.29 is 9.90 Å². The number of nitrogens with zero attached hydrogens (tertiary/aromatic N) is 2. The minimum absolute atomic E-state index is 0.0994. The Morgan fingerprint density at radius 3 is 2.83 bits per heavy atom. The second-order valence-corrected chi connectivity index (χ2v) is 8.46. The van der Waals surface area contributed by atoms with Gasteiger partial charge < -0.3 is 26.0 Å². The molecule has 1 aromatic carbocycles. The Kier molecular flexibility index (Phi) is 8.81. The zero-order valence-electron chi connectivity index (χ0n) is 18.2. The first kappa shape index (κ1) is 22.4. The molecular formula is C23H37N5O2. The molecule has 2 aliphatic rings. The number of carbonyl (C=O) groups excluding carboxylic acids is 1. The maximum absolute atomic E-state index is 12.1. The third-order valence-electron chi connectivity index (χ3n) is 5.95. The van der Waals surface area contributed by atoms with Crippen molar-refractivity contribution in [3.63, 3.8) is 0 Å². The number of hydrogen-bond acceptors (Lipinski definition) is 4. The van der Waals surface area contributed by atoms with Crippen molar-refractivity contribution in [3.8, 4) is 5.75 Å². The maximum Gasteiger partial charge on any atom is 0.251 e. The molecule has 30 heavy (non-hydrogen) atoms. The number of hydrogen-bond donors (Lipinski definition) is 4. The highest BCUT2D eigenvalue weighted by atomic mass is 16.3. The second-order valence-electron chi connectivity index (χ2n) is 8.46. The quantitative estimate of drug-likeness (QED) is 0.282. The molecule has 0 bridgehead atoms. The Bertz CT molecular complexity index is 703. The van der Waals surface area contributed by atoms with Gasteiger partial charge in [0, 0.05) is 50.9 Å². The van der Waals surface area contributed by atoms with Crippen LogP contribution in [0.5, 0.6) is 5.75 Å². The van der Waals surface area contributed by atoms with Crippen molar-refractivity contribution in [2.24, 2.45) is 10.9 Å². The number of phenolic OH excluding ortho intramolecular Hbond substituents is 1. The van der Waals surface area contributed by atoms with Gasteiger partial charge in [-0.05, 0) is 56.7 Å². The van der Waals surface area contributed by atoms with Crippen LogP contribution in [0.2, 0.25) is 0 Å². The molecule has 1 unspecified atom stereocenters. The Morgan fingerprint density at radius 2 is 2.07 bits per heavy atom. The van der Waals surface area contributed by atoms with Gasteiger partial charge >= 0.3 is 0 Å². The number of aromatic hydroxyl groups is 1. The number of phenols is 1. The Balaban J connectivity index is 1.36. The van der Waals surface area contributed by atoms with E-state index in [2.05, 4.69) is 32.8 Å². The lowest BCUT2D eigenvalue weighted by atomic mass is 10.1. The lowest BCUT2D eigenvalue weighted by Crippen LogP contribution is -2.45. The molecule has 0 aromatic heterocycles. The number of benzene rings is 1. The molecule has 1 aliphatic carbocycles. The number of likely N-dealkylation sites (tertiary alicyclic amines) is 1. The molecule has 1 heterocycles. The van der Waals surface area contributed by atoms with Crippen LogP contribution in [0.25, 0.3) is 0 Å². The fraction of sp³-hybridized carbons (Fsp3) is 0.652. The van der Waals surface area contributed by atoms with Crippen LogP contribution in [-0.4, -0.2) is 67.2 Å². The van der Waals surface area contributed by atoms with Crippen molar-refractivity contribution in [1.82, 2.24) is 20.9 Å². The van der Waals surface area contributed by atoms with Crippen LogP contribution in [0.4, 0.5) is 0 Å². The van der Waals surface area contributed by atoms with Gasteiger partial charge in [0.05, 0.1) is 0 Å². The summed E-state index contributed by atoms with van der Waals surface area (Å²) in [5.41, 5.74) is 0.469. The Labute approximate surface area is 180 Å². The van der Waals surface area contributed by atoms with Crippen LogP contribution in [-0.2, 0) is 0 Å². The van der Waals surface area contributed by atoms with Gasteiger partial charge in [0.2, 0.25) is 0 Å². The predicted octanol–water partition coefficient (Wildman–Crippen LogP) is 2.33.